The second kappa shape index (κ2) is 23.4. The molecule has 2 bridgehead atoms. The first-order chi connectivity index (χ1) is 32.0. The first-order valence-corrected chi connectivity index (χ1v) is 24.9. The molecule has 1 saturated carbocycles. The van der Waals surface area contributed by atoms with Crippen LogP contribution in [0.2, 0.25) is 0 Å². The topological polar surface area (TPSA) is 155 Å². The van der Waals surface area contributed by atoms with Gasteiger partial charge in [0.15, 0.2) is 0 Å². The summed E-state index contributed by atoms with van der Waals surface area (Å²) in [6, 6.07) is 7.68. The molecular weight excluding hydrogens is 851 g/mol. The molecule has 1 aliphatic carbocycles. The van der Waals surface area contributed by atoms with Gasteiger partial charge in [0.25, 0.3) is 11.7 Å². The summed E-state index contributed by atoms with van der Waals surface area (Å²) in [6.07, 6.45) is 12.1. The lowest BCUT2D eigenvalue weighted by atomic mass is 9.81. The fourth-order valence-electron chi connectivity index (χ4n) is 11.4. The van der Waals surface area contributed by atoms with Gasteiger partial charge in [0.2, 0.25) is 5.79 Å². The van der Waals surface area contributed by atoms with Crippen molar-refractivity contribution in [3.63, 3.8) is 0 Å². The van der Waals surface area contributed by atoms with Crippen LogP contribution in [0.25, 0.3) is 10.9 Å². The van der Waals surface area contributed by atoms with E-state index in [1.54, 1.807) is 34.3 Å². The molecule has 13 nitrogen and oxygen atoms in total. The Kier molecular flexibility index (Phi) is 18.3. The number of nitrogens with zero attached hydrogens (tertiary/aromatic N) is 2. The Morgan fingerprint density at radius 1 is 0.955 bits per heavy atom. The maximum atomic E-state index is 14.6. The summed E-state index contributed by atoms with van der Waals surface area (Å²) in [6.45, 7) is 16.9. The molecule has 1 aromatic carbocycles. The number of nitrogens with one attached hydrogen (secondary N) is 1. The Bertz CT molecular complexity index is 2110. The number of hydrogen-bond acceptors (Lipinski definition) is 11. The van der Waals surface area contributed by atoms with Crippen molar-refractivity contribution in [2.75, 3.05) is 33.2 Å². The summed E-state index contributed by atoms with van der Waals surface area (Å²) in [7, 11) is 4.87. The van der Waals surface area contributed by atoms with Crippen molar-refractivity contribution in [2.45, 2.75) is 174 Å². The first kappa shape index (κ1) is 52.2. The predicted octanol–water partition coefficient (Wildman–Crippen LogP) is 8.76. The number of benzene rings is 1. The number of allylic oxidation sites excluding steroid dienone is 4. The standard InChI is InChI=1S/C54H79N3O10/c1-11-15-40-27-33(3)26-34(4)28-47(64-9)50-48(65-10)30-37(7)54(62,67-50)51(59)52(60)57-24-14-13-16-44(57)53(61)66-49(35(5)17-22-45(40)58)36(6)29-38-18-20-42(46(31-38)63-8)55-41-19-21-43-39(32-41)23-25-56(43)12-2/h11,19,21,23,25,27,29,32,34-35,37-38,40,42,44,46-50,55,62H,1,12-18,20,22,24,26,28,30-31H2,2-10H3/b33-27+,36-29?. The molecule has 370 valence electrons. The minimum atomic E-state index is -2.48. The van der Waals surface area contributed by atoms with E-state index in [2.05, 4.69) is 66.8 Å². The molecule has 6 rings (SSSR count). The number of ketones is 2. The molecule has 4 aliphatic rings. The maximum Gasteiger partial charge on any atom is 0.329 e. The lowest BCUT2D eigenvalue weighted by Crippen LogP contribution is -2.64. The van der Waals surface area contributed by atoms with Crippen LogP contribution in [-0.2, 0) is 49.4 Å². The van der Waals surface area contributed by atoms with E-state index >= 15 is 0 Å². The van der Waals surface area contributed by atoms with E-state index in [0.29, 0.717) is 44.9 Å². The van der Waals surface area contributed by atoms with Gasteiger partial charge >= 0.3 is 5.97 Å². The number of methoxy groups -OCH3 is 3. The number of carbonyl (C=O) groups excluding carboxylic acids is 4. The van der Waals surface area contributed by atoms with Gasteiger partial charge < -0.3 is 43.6 Å². The zero-order valence-electron chi connectivity index (χ0n) is 41.7. The van der Waals surface area contributed by atoms with Crippen LogP contribution in [0.15, 0.2) is 66.4 Å². The molecule has 0 radical (unpaired) electrons. The van der Waals surface area contributed by atoms with Crippen molar-refractivity contribution < 1.29 is 48.0 Å². The lowest BCUT2D eigenvalue weighted by Gasteiger charge is -2.47. The van der Waals surface area contributed by atoms with E-state index < -0.39 is 59.8 Å². The summed E-state index contributed by atoms with van der Waals surface area (Å²) < 4.78 is 33.0. The fourth-order valence-corrected chi connectivity index (χ4v) is 11.4. The number of cyclic esters (lactones) is 1. The minimum absolute atomic E-state index is 0.0633. The number of ether oxygens (including phenoxy) is 5. The first-order valence-electron chi connectivity index (χ1n) is 24.9. The van der Waals surface area contributed by atoms with E-state index in [4.69, 9.17) is 23.7 Å². The summed E-state index contributed by atoms with van der Waals surface area (Å²) in [4.78, 5) is 58.7. The molecule has 4 heterocycles. The monoisotopic (exact) mass is 930 g/mol. The predicted molar refractivity (Wildman–Crippen MR) is 260 cm³/mol. The van der Waals surface area contributed by atoms with Gasteiger partial charge in [-0.3, -0.25) is 14.4 Å². The van der Waals surface area contributed by atoms with Crippen LogP contribution in [0.3, 0.4) is 0 Å². The Labute approximate surface area is 399 Å². The molecule has 0 spiro atoms. The number of aryl methyl sites for hydroxylation is 1. The highest BCUT2D eigenvalue weighted by molar-refractivity contribution is 6.39. The fraction of sp³-hybridized carbons (Fsp3) is 0.667. The third-order valence-electron chi connectivity index (χ3n) is 15.2. The van der Waals surface area contributed by atoms with Crippen molar-refractivity contribution in [3.8, 4) is 0 Å². The molecule has 13 unspecified atom stereocenters. The number of esters is 1. The number of aliphatic hydroxyl groups is 1. The van der Waals surface area contributed by atoms with Crippen LogP contribution in [0.5, 0.6) is 0 Å². The Morgan fingerprint density at radius 2 is 1.69 bits per heavy atom. The van der Waals surface area contributed by atoms with Crippen molar-refractivity contribution >= 4 is 40.0 Å². The van der Waals surface area contributed by atoms with Gasteiger partial charge in [-0.25, -0.2) is 4.79 Å². The lowest BCUT2D eigenvalue weighted by molar-refractivity contribution is -0.302. The molecule has 67 heavy (non-hydrogen) atoms. The highest BCUT2D eigenvalue weighted by Gasteiger charge is 2.56. The van der Waals surface area contributed by atoms with Crippen LogP contribution in [0, 0.1) is 29.6 Å². The zero-order valence-corrected chi connectivity index (χ0v) is 41.7. The minimum Gasteiger partial charge on any atom is -0.456 e. The van der Waals surface area contributed by atoms with Crippen LogP contribution < -0.4 is 5.32 Å². The smallest absolute Gasteiger partial charge is 0.329 e. The largest absolute Gasteiger partial charge is 0.456 e. The second-order valence-electron chi connectivity index (χ2n) is 20.2. The van der Waals surface area contributed by atoms with E-state index in [1.165, 1.54) is 15.8 Å². The van der Waals surface area contributed by atoms with Crippen LogP contribution in [0.4, 0.5) is 5.69 Å². The van der Waals surface area contributed by atoms with Crippen LogP contribution in [0.1, 0.15) is 119 Å². The van der Waals surface area contributed by atoms with E-state index in [9.17, 15) is 24.3 Å². The van der Waals surface area contributed by atoms with E-state index in [0.717, 1.165) is 42.6 Å². The summed E-state index contributed by atoms with van der Waals surface area (Å²) in [5.74, 6) is -6.32. The number of aromatic nitrogens is 1. The molecule has 3 fully saturated rings. The average molecular weight is 930 g/mol. The van der Waals surface area contributed by atoms with Crippen molar-refractivity contribution in [1.29, 1.82) is 0 Å². The molecule has 13 atom stereocenters. The van der Waals surface area contributed by atoms with Gasteiger partial charge in [-0.05, 0) is 139 Å². The normalized spacial score (nSPS) is 35.5. The second-order valence-corrected chi connectivity index (χ2v) is 20.2. The zero-order chi connectivity index (χ0) is 48.6. The third-order valence-corrected chi connectivity index (χ3v) is 15.2. The number of Topliss-reactive ketones (excluding diaryl/α,β-unsaturated/α-hetero) is 2. The van der Waals surface area contributed by atoms with Crippen molar-refractivity contribution in [3.05, 3.63) is 66.4 Å². The average Bonchev–Trinajstić information content (AvgIpc) is 3.74. The highest BCUT2D eigenvalue weighted by Crippen LogP contribution is 2.40. The van der Waals surface area contributed by atoms with Gasteiger partial charge in [0, 0.05) is 75.5 Å². The van der Waals surface area contributed by atoms with Crippen molar-refractivity contribution in [2.24, 2.45) is 29.6 Å². The number of anilines is 1. The molecule has 2 N–H and O–H groups in total. The van der Waals surface area contributed by atoms with E-state index in [1.807, 2.05) is 26.8 Å². The van der Waals surface area contributed by atoms with Crippen LogP contribution in [-0.4, -0.2) is 114 Å². The summed E-state index contributed by atoms with van der Waals surface area (Å²) in [5, 5.41) is 17.1. The third kappa shape index (κ3) is 12.2. The number of amides is 1. The molecular formula is C54H79N3O10. The van der Waals surface area contributed by atoms with Gasteiger partial charge in [-0.15, -0.1) is 6.58 Å². The van der Waals surface area contributed by atoms with Gasteiger partial charge in [0.1, 0.15) is 24.0 Å². The molecule has 13 heteroatoms. The number of rotatable bonds is 10. The molecule has 1 aromatic heterocycles. The SMILES string of the molecule is C=CCC1/C=C(\C)CC(C)CC(OC)C2OC(O)(C(=O)C(=O)N3CCCCC3C(=O)OC(C(C)=CC3CCC(Nc4ccc5c(ccn5CC)c4)C(OC)C3)C(C)CCC1=O)C(C)CC2OC. The number of carbonyl (C=O) groups is 4. The number of hydrogen-bond donors (Lipinski definition) is 2. The van der Waals surface area contributed by atoms with Gasteiger partial charge in [-0.1, -0.05) is 44.6 Å². The molecule has 2 aromatic rings. The maximum absolute atomic E-state index is 14.6. The molecule has 2 saturated heterocycles. The van der Waals surface area contributed by atoms with E-state index in [-0.39, 0.29) is 61.0 Å². The highest BCUT2D eigenvalue weighted by atomic mass is 16.7. The number of fused-ring (bicyclic) bond motifs is 4. The van der Waals surface area contributed by atoms with Crippen LogP contribution >= 0.6 is 0 Å². The quantitative estimate of drug-likeness (QED) is 0.134. The Morgan fingerprint density at radius 3 is 2.39 bits per heavy atom. The summed E-state index contributed by atoms with van der Waals surface area (Å²) >= 11 is 0. The number of piperidine rings is 1. The summed E-state index contributed by atoms with van der Waals surface area (Å²) in [5.41, 5.74) is 4.18. The van der Waals surface area contributed by atoms with Gasteiger partial charge in [0.05, 0.1) is 24.4 Å². The molecule has 1 amide bonds. The Balaban J connectivity index is 1.28. The van der Waals surface area contributed by atoms with Crippen molar-refractivity contribution in [1.82, 2.24) is 9.47 Å². The Hall–Kier alpha value is -4.14. The molecule has 3 aliphatic heterocycles. The van der Waals surface area contributed by atoms with Gasteiger partial charge in [-0.2, -0.15) is 0 Å².